The van der Waals surface area contributed by atoms with E-state index in [9.17, 15) is 9.59 Å². The summed E-state index contributed by atoms with van der Waals surface area (Å²) in [5, 5.41) is 0. The van der Waals surface area contributed by atoms with Crippen molar-refractivity contribution in [1.29, 1.82) is 0 Å². The van der Waals surface area contributed by atoms with Crippen LogP contribution in [0.4, 0.5) is 0 Å². The van der Waals surface area contributed by atoms with Gasteiger partial charge in [-0.05, 0) is 48.2 Å². The molecule has 0 aromatic heterocycles. The molecule has 1 aliphatic rings. The van der Waals surface area contributed by atoms with Crippen LogP contribution < -0.4 is 0 Å². The van der Waals surface area contributed by atoms with Gasteiger partial charge in [-0.3, -0.25) is 14.5 Å². The Labute approximate surface area is 117 Å². The fourth-order valence-electron chi connectivity index (χ4n) is 2.59. The van der Waals surface area contributed by atoms with Gasteiger partial charge in [0, 0.05) is 7.05 Å². The van der Waals surface area contributed by atoms with Gasteiger partial charge in [0.1, 0.15) is 0 Å². The van der Waals surface area contributed by atoms with Crippen molar-refractivity contribution < 1.29 is 9.59 Å². The molecule has 0 atom stereocenters. The number of aryl methyl sites for hydroxylation is 1. The van der Waals surface area contributed by atoms with Crippen LogP contribution in [0.3, 0.4) is 0 Å². The second-order valence-electron chi connectivity index (χ2n) is 5.18. The molecule has 20 heavy (non-hydrogen) atoms. The van der Waals surface area contributed by atoms with E-state index in [1.165, 1.54) is 18.2 Å². The van der Waals surface area contributed by atoms with Crippen LogP contribution in [0.15, 0.2) is 36.4 Å². The van der Waals surface area contributed by atoms with Crippen molar-refractivity contribution in [1.82, 2.24) is 4.90 Å². The van der Waals surface area contributed by atoms with Gasteiger partial charge in [0.15, 0.2) is 0 Å². The van der Waals surface area contributed by atoms with E-state index in [4.69, 9.17) is 0 Å². The molecule has 0 radical (unpaired) electrons. The highest BCUT2D eigenvalue weighted by molar-refractivity contribution is 6.21. The van der Waals surface area contributed by atoms with Gasteiger partial charge < -0.3 is 0 Å². The Morgan fingerprint density at radius 1 is 0.850 bits per heavy atom. The maximum absolute atomic E-state index is 12.0. The summed E-state index contributed by atoms with van der Waals surface area (Å²) < 4.78 is 0. The molecular weight excluding hydrogens is 250 g/mol. The lowest BCUT2D eigenvalue weighted by molar-refractivity contribution is 0.0693. The molecule has 0 saturated carbocycles. The molecule has 1 heterocycles. The minimum atomic E-state index is -0.225. The lowest BCUT2D eigenvalue weighted by Crippen LogP contribution is -2.24. The second kappa shape index (κ2) is 4.30. The SMILES string of the molecule is Cc1cccc(-c2ccc3c(c2)C(=O)N(C)C3=O)c1C. The van der Waals surface area contributed by atoms with Crippen molar-refractivity contribution in [2.24, 2.45) is 0 Å². The topological polar surface area (TPSA) is 37.4 Å². The Morgan fingerprint density at radius 3 is 2.30 bits per heavy atom. The number of carbonyl (C=O) groups excluding carboxylic acids is 2. The van der Waals surface area contributed by atoms with Crippen molar-refractivity contribution in [2.45, 2.75) is 13.8 Å². The van der Waals surface area contributed by atoms with Crippen LogP contribution in [0.5, 0.6) is 0 Å². The first-order chi connectivity index (χ1) is 9.50. The molecule has 3 nitrogen and oxygen atoms in total. The monoisotopic (exact) mass is 265 g/mol. The number of carbonyl (C=O) groups is 2. The molecule has 0 fully saturated rings. The van der Waals surface area contributed by atoms with Crippen molar-refractivity contribution >= 4 is 11.8 Å². The van der Waals surface area contributed by atoms with E-state index in [1.807, 2.05) is 24.3 Å². The number of benzene rings is 2. The van der Waals surface area contributed by atoms with Crippen molar-refractivity contribution in [3.8, 4) is 11.1 Å². The number of amides is 2. The molecule has 0 spiro atoms. The normalized spacial score (nSPS) is 13.8. The molecule has 0 saturated heterocycles. The average Bonchev–Trinajstić information content (AvgIpc) is 2.67. The molecule has 100 valence electrons. The third-order valence-electron chi connectivity index (χ3n) is 4.01. The molecule has 3 heteroatoms. The Morgan fingerprint density at radius 2 is 1.55 bits per heavy atom. The summed E-state index contributed by atoms with van der Waals surface area (Å²) in [6, 6.07) is 11.6. The lowest BCUT2D eigenvalue weighted by atomic mass is 9.95. The Balaban J connectivity index is 2.18. The van der Waals surface area contributed by atoms with Gasteiger partial charge in [-0.1, -0.05) is 24.3 Å². The molecule has 0 bridgehead atoms. The zero-order valence-electron chi connectivity index (χ0n) is 11.7. The number of rotatable bonds is 1. The highest BCUT2D eigenvalue weighted by Gasteiger charge is 2.32. The van der Waals surface area contributed by atoms with Crippen molar-refractivity contribution in [3.05, 3.63) is 58.7 Å². The maximum Gasteiger partial charge on any atom is 0.261 e. The fraction of sp³-hybridized carbons (Fsp3) is 0.176. The van der Waals surface area contributed by atoms with Gasteiger partial charge in [0.05, 0.1) is 11.1 Å². The smallest absolute Gasteiger partial charge is 0.261 e. The first-order valence-corrected chi connectivity index (χ1v) is 6.53. The molecule has 2 amide bonds. The zero-order valence-corrected chi connectivity index (χ0v) is 11.7. The van der Waals surface area contributed by atoms with Crippen LogP contribution in [0, 0.1) is 13.8 Å². The summed E-state index contributed by atoms with van der Waals surface area (Å²) in [5.74, 6) is -0.449. The molecule has 2 aromatic carbocycles. The quantitative estimate of drug-likeness (QED) is 0.742. The predicted octanol–water partition coefficient (Wildman–Crippen LogP) is 3.20. The molecule has 0 unspecified atom stereocenters. The number of hydrogen-bond acceptors (Lipinski definition) is 2. The van der Waals surface area contributed by atoms with Crippen LogP contribution in [0.2, 0.25) is 0 Å². The first-order valence-electron chi connectivity index (χ1n) is 6.53. The van der Waals surface area contributed by atoms with E-state index in [-0.39, 0.29) is 11.8 Å². The highest BCUT2D eigenvalue weighted by Crippen LogP contribution is 2.30. The van der Waals surface area contributed by atoms with Gasteiger partial charge in [0.25, 0.3) is 11.8 Å². The molecule has 0 N–H and O–H groups in total. The highest BCUT2D eigenvalue weighted by atomic mass is 16.2. The summed E-state index contributed by atoms with van der Waals surface area (Å²) in [4.78, 5) is 25.1. The Hall–Kier alpha value is -2.42. The van der Waals surface area contributed by atoms with Crippen LogP contribution >= 0.6 is 0 Å². The van der Waals surface area contributed by atoms with E-state index in [2.05, 4.69) is 19.9 Å². The molecule has 3 rings (SSSR count). The molecule has 0 aliphatic carbocycles. The Kier molecular flexibility index (Phi) is 2.71. The van der Waals surface area contributed by atoms with Crippen LogP contribution in [-0.4, -0.2) is 23.8 Å². The second-order valence-corrected chi connectivity index (χ2v) is 5.18. The standard InChI is InChI=1S/C17H15NO2/c1-10-5-4-6-13(11(10)2)12-7-8-14-15(9-12)17(20)18(3)16(14)19/h4-9H,1-3H3. The summed E-state index contributed by atoms with van der Waals surface area (Å²) in [5.41, 5.74) is 5.46. The number of fused-ring (bicyclic) bond motifs is 1. The largest absolute Gasteiger partial charge is 0.277 e. The maximum atomic E-state index is 12.0. The summed E-state index contributed by atoms with van der Waals surface area (Å²) >= 11 is 0. The number of nitrogens with zero attached hydrogens (tertiary/aromatic N) is 1. The summed E-state index contributed by atoms with van der Waals surface area (Å²) in [7, 11) is 1.52. The summed E-state index contributed by atoms with van der Waals surface area (Å²) in [6.45, 7) is 4.13. The van der Waals surface area contributed by atoms with Crippen LogP contribution in [-0.2, 0) is 0 Å². The predicted molar refractivity (Wildman–Crippen MR) is 77.8 cm³/mol. The fourth-order valence-corrected chi connectivity index (χ4v) is 2.59. The van der Waals surface area contributed by atoms with Crippen molar-refractivity contribution in [3.63, 3.8) is 0 Å². The number of imide groups is 1. The lowest BCUT2D eigenvalue weighted by Gasteiger charge is -2.09. The molecule has 2 aromatic rings. The van der Waals surface area contributed by atoms with Crippen molar-refractivity contribution in [2.75, 3.05) is 7.05 Å². The third-order valence-corrected chi connectivity index (χ3v) is 4.01. The van der Waals surface area contributed by atoms with Gasteiger partial charge >= 0.3 is 0 Å². The Bertz CT molecular complexity index is 747. The van der Waals surface area contributed by atoms with E-state index in [1.54, 1.807) is 6.07 Å². The minimum Gasteiger partial charge on any atom is -0.277 e. The third kappa shape index (κ3) is 1.67. The number of hydrogen-bond donors (Lipinski definition) is 0. The van der Waals surface area contributed by atoms with E-state index in [0.29, 0.717) is 11.1 Å². The van der Waals surface area contributed by atoms with Gasteiger partial charge in [0.2, 0.25) is 0 Å². The van der Waals surface area contributed by atoms with E-state index in [0.717, 1.165) is 16.0 Å². The first kappa shape index (κ1) is 12.6. The zero-order chi connectivity index (χ0) is 14.4. The van der Waals surface area contributed by atoms with Gasteiger partial charge in [-0.2, -0.15) is 0 Å². The molecular formula is C17H15NO2. The van der Waals surface area contributed by atoms with Crippen LogP contribution in [0.25, 0.3) is 11.1 Å². The average molecular weight is 265 g/mol. The van der Waals surface area contributed by atoms with E-state index >= 15 is 0 Å². The minimum absolute atomic E-state index is 0.225. The van der Waals surface area contributed by atoms with Gasteiger partial charge in [-0.15, -0.1) is 0 Å². The summed E-state index contributed by atoms with van der Waals surface area (Å²) in [6.07, 6.45) is 0. The van der Waals surface area contributed by atoms with E-state index < -0.39 is 0 Å². The van der Waals surface area contributed by atoms with Gasteiger partial charge in [-0.25, -0.2) is 0 Å². The molecule has 1 aliphatic heterocycles. The van der Waals surface area contributed by atoms with Crippen LogP contribution in [0.1, 0.15) is 31.8 Å².